The molecule has 7 heteroatoms. The Balaban J connectivity index is 1.42. The molecule has 0 atom stereocenters. The molecule has 0 aliphatic heterocycles. The second-order valence-corrected chi connectivity index (χ2v) is 7.54. The fourth-order valence-electron chi connectivity index (χ4n) is 3.74. The summed E-state index contributed by atoms with van der Waals surface area (Å²) in [6.07, 6.45) is 0. The number of benzene rings is 3. The van der Waals surface area contributed by atoms with Crippen LogP contribution in [0.15, 0.2) is 92.5 Å². The Morgan fingerprint density at radius 1 is 0.794 bits per heavy atom. The fraction of sp³-hybridized carbons (Fsp3) is 0.111. The maximum atomic E-state index is 13.0. The molecule has 34 heavy (non-hydrogen) atoms. The van der Waals surface area contributed by atoms with Crippen LogP contribution >= 0.6 is 0 Å². The molecule has 2 heterocycles. The second kappa shape index (κ2) is 9.15. The van der Waals surface area contributed by atoms with Gasteiger partial charge in [0, 0.05) is 28.5 Å². The van der Waals surface area contributed by atoms with Crippen molar-refractivity contribution in [3.8, 4) is 11.5 Å². The van der Waals surface area contributed by atoms with Crippen molar-refractivity contribution in [2.45, 2.75) is 13.2 Å². The molecule has 0 N–H and O–H groups in total. The van der Waals surface area contributed by atoms with E-state index in [2.05, 4.69) is 0 Å². The molecule has 0 unspecified atom stereocenters. The van der Waals surface area contributed by atoms with E-state index in [1.807, 2.05) is 48.5 Å². The van der Waals surface area contributed by atoms with E-state index in [0.717, 1.165) is 5.39 Å². The lowest BCUT2D eigenvalue weighted by Crippen LogP contribution is -2.10. The van der Waals surface area contributed by atoms with Gasteiger partial charge in [0.1, 0.15) is 35.9 Å². The predicted octanol–water partition coefficient (Wildman–Crippen LogP) is 5.48. The average molecular weight is 456 g/mol. The van der Waals surface area contributed by atoms with Gasteiger partial charge in [0.25, 0.3) is 0 Å². The highest BCUT2D eigenvalue weighted by molar-refractivity contribution is 5.96. The summed E-state index contributed by atoms with van der Waals surface area (Å²) in [5, 5.41) is 1.41. The van der Waals surface area contributed by atoms with Gasteiger partial charge in [-0.3, -0.25) is 0 Å². The Bertz CT molecular complexity index is 1530. The first kappa shape index (κ1) is 21.3. The third-order valence-corrected chi connectivity index (χ3v) is 5.41. The minimum atomic E-state index is -0.655. The summed E-state index contributed by atoms with van der Waals surface area (Å²) in [5.74, 6) is 0.629. The highest BCUT2D eigenvalue weighted by Crippen LogP contribution is 2.29. The number of esters is 1. The zero-order valence-electron chi connectivity index (χ0n) is 18.3. The molecule has 0 bridgehead atoms. The Hall–Kier alpha value is -4.52. The van der Waals surface area contributed by atoms with Gasteiger partial charge in [-0.05, 0) is 30.3 Å². The maximum absolute atomic E-state index is 13.0. The molecule has 0 spiro atoms. The van der Waals surface area contributed by atoms with Crippen molar-refractivity contribution < 1.29 is 27.8 Å². The number of furan rings is 1. The van der Waals surface area contributed by atoms with Crippen molar-refractivity contribution in [1.29, 1.82) is 0 Å². The van der Waals surface area contributed by atoms with Gasteiger partial charge in [0.15, 0.2) is 0 Å². The molecule has 0 saturated heterocycles. The summed E-state index contributed by atoms with van der Waals surface area (Å²) < 4.78 is 27.7. The number of para-hydroxylation sites is 2. The molecule has 3 aromatic carbocycles. The predicted molar refractivity (Wildman–Crippen MR) is 125 cm³/mol. The van der Waals surface area contributed by atoms with Crippen molar-refractivity contribution in [2.75, 3.05) is 7.11 Å². The van der Waals surface area contributed by atoms with Crippen molar-refractivity contribution in [3.05, 3.63) is 106 Å². The molecular weight excluding hydrogens is 436 g/mol. The monoisotopic (exact) mass is 456 g/mol. The number of methoxy groups -OCH3 is 1. The van der Waals surface area contributed by atoms with Gasteiger partial charge in [-0.15, -0.1) is 0 Å². The molecule has 0 fully saturated rings. The van der Waals surface area contributed by atoms with Crippen LogP contribution in [-0.4, -0.2) is 13.1 Å². The Morgan fingerprint density at radius 3 is 2.41 bits per heavy atom. The topological polar surface area (TPSA) is 88.1 Å². The quantitative estimate of drug-likeness (QED) is 0.237. The lowest BCUT2D eigenvalue weighted by Gasteiger charge is -2.09. The lowest BCUT2D eigenvalue weighted by molar-refractivity contribution is 0.0436. The number of carbonyl (C=O) groups excluding carboxylic acids is 1. The van der Waals surface area contributed by atoms with Crippen molar-refractivity contribution in [2.24, 2.45) is 0 Å². The molecule has 5 rings (SSSR count). The van der Waals surface area contributed by atoms with Crippen LogP contribution < -0.4 is 15.1 Å². The number of carbonyl (C=O) groups is 1. The van der Waals surface area contributed by atoms with Crippen LogP contribution in [0.2, 0.25) is 0 Å². The molecule has 5 aromatic rings. The second-order valence-electron chi connectivity index (χ2n) is 7.54. The number of ether oxygens (including phenoxy) is 3. The largest absolute Gasteiger partial charge is 0.497 e. The van der Waals surface area contributed by atoms with Gasteiger partial charge < -0.3 is 23.0 Å². The number of hydrogen-bond acceptors (Lipinski definition) is 7. The molecule has 0 saturated carbocycles. The number of fused-ring (bicyclic) bond motifs is 2. The first-order chi connectivity index (χ1) is 16.6. The molecular formula is C27H20O7. The molecule has 2 aromatic heterocycles. The van der Waals surface area contributed by atoms with Crippen LogP contribution in [0.4, 0.5) is 0 Å². The Morgan fingerprint density at radius 2 is 1.59 bits per heavy atom. The van der Waals surface area contributed by atoms with E-state index in [1.165, 1.54) is 13.2 Å². The molecule has 0 aliphatic rings. The smallest absolute Gasteiger partial charge is 0.375 e. The first-order valence-corrected chi connectivity index (χ1v) is 10.6. The summed E-state index contributed by atoms with van der Waals surface area (Å²) in [6, 6.07) is 23.0. The fourth-order valence-corrected chi connectivity index (χ4v) is 3.74. The lowest BCUT2D eigenvalue weighted by atomic mass is 10.1. The number of rotatable bonds is 7. The molecule has 0 aliphatic carbocycles. The van der Waals surface area contributed by atoms with Crippen molar-refractivity contribution >= 4 is 27.9 Å². The van der Waals surface area contributed by atoms with Crippen LogP contribution in [0, 0.1) is 0 Å². The molecule has 0 radical (unpaired) electrons. The van der Waals surface area contributed by atoms with Gasteiger partial charge in [-0.1, -0.05) is 36.4 Å². The standard InChI is InChI=1S/C27H20O7/c1-30-19-11-12-20-17(13-25(28)33-24(20)14-19)15-32-27(29)26-22(16-31-18-7-3-2-4-8-18)21-9-5-6-10-23(21)34-26/h2-14H,15-16H2,1H3. The van der Waals surface area contributed by atoms with Gasteiger partial charge in [-0.2, -0.15) is 0 Å². The van der Waals surface area contributed by atoms with Crippen LogP contribution in [0.3, 0.4) is 0 Å². The van der Waals surface area contributed by atoms with Crippen molar-refractivity contribution in [3.63, 3.8) is 0 Å². The highest BCUT2D eigenvalue weighted by atomic mass is 16.5. The van der Waals surface area contributed by atoms with E-state index in [4.69, 9.17) is 23.0 Å². The molecule has 7 nitrogen and oxygen atoms in total. The van der Waals surface area contributed by atoms with Crippen LogP contribution in [0.5, 0.6) is 11.5 Å². The number of hydrogen-bond donors (Lipinski definition) is 0. The average Bonchev–Trinajstić information content (AvgIpc) is 3.24. The van der Waals surface area contributed by atoms with Gasteiger partial charge in [-0.25, -0.2) is 9.59 Å². The first-order valence-electron chi connectivity index (χ1n) is 10.6. The van der Waals surface area contributed by atoms with Crippen LogP contribution in [0.1, 0.15) is 21.7 Å². The van der Waals surface area contributed by atoms with E-state index < -0.39 is 11.6 Å². The highest BCUT2D eigenvalue weighted by Gasteiger charge is 2.23. The Labute approximate surface area is 194 Å². The summed E-state index contributed by atoms with van der Waals surface area (Å²) in [4.78, 5) is 25.1. The van der Waals surface area contributed by atoms with Gasteiger partial charge in [0.2, 0.25) is 5.76 Å². The van der Waals surface area contributed by atoms with E-state index in [9.17, 15) is 9.59 Å². The van der Waals surface area contributed by atoms with E-state index in [0.29, 0.717) is 39.2 Å². The van der Waals surface area contributed by atoms with Crippen LogP contribution in [0.25, 0.3) is 21.9 Å². The van der Waals surface area contributed by atoms with E-state index >= 15 is 0 Å². The van der Waals surface area contributed by atoms with Gasteiger partial charge in [0.05, 0.1) is 12.7 Å². The zero-order chi connectivity index (χ0) is 23.5. The van der Waals surface area contributed by atoms with E-state index in [-0.39, 0.29) is 19.0 Å². The summed E-state index contributed by atoms with van der Waals surface area (Å²) in [7, 11) is 1.53. The SMILES string of the molecule is COc1ccc2c(COC(=O)c3oc4ccccc4c3COc3ccccc3)cc(=O)oc2c1. The zero-order valence-corrected chi connectivity index (χ0v) is 18.3. The summed E-state index contributed by atoms with van der Waals surface area (Å²) in [5.41, 5.74) is 1.46. The summed E-state index contributed by atoms with van der Waals surface area (Å²) >= 11 is 0. The third kappa shape index (κ3) is 4.23. The minimum absolute atomic E-state index is 0.0612. The van der Waals surface area contributed by atoms with Crippen molar-refractivity contribution in [1.82, 2.24) is 0 Å². The molecule has 0 amide bonds. The summed E-state index contributed by atoms with van der Waals surface area (Å²) in [6.45, 7) is -0.00754. The molecule has 170 valence electrons. The maximum Gasteiger partial charge on any atom is 0.375 e. The van der Waals surface area contributed by atoms with Gasteiger partial charge >= 0.3 is 11.6 Å². The minimum Gasteiger partial charge on any atom is -0.497 e. The Kier molecular flexibility index (Phi) is 5.74. The normalized spacial score (nSPS) is 11.0. The van der Waals surface area contributed by atoms with E-state index in [1.54, 1.807) is 24.3 Å². The van der Waals surface area contributed by atoms with Crippen LogP contribution in [-0.2, 0) is 18.0 Å². The third-order valence-electron chi connectivity index (χ3n) is 5.41.